The van der Waals surface area contributed by atoms with Gasteiger partial charge in [0, 0.05) is 13.2 Å². The van der Waals surface area contributed by atoms with Crippen LogP contribution in [-0.2, 0) is 13.6 Å². The van der Waals surface area contributed by atoms with E-state index in [0.717, 1.165) is 11.3 Å². The largest absolute Gasteiger partial charge is 0.478 e. The summed E-state index contributed by atoms with van der Waals surface area (Å²) in [7, 11) is 1.87. The molecule has 2 heterocycles. The minimum Gasteiger partial charge on any atom is -0.478 e. The second-order valence-electron chi connectivity index (χ2n) is 4.99. The van der Waals surface area contributed by atoms with Gasteiger partial charge < -0.3 is 15.0 Å². The van der Waals surface area contributed by atoms with Crippen LogP contribution in [0.4, 0.5) is 5.82 Å². The third kappa shape index (κ3) is 2.82. The van der Waals surface area contributed by atoms with Gasteiger partial charge in [-0.1, -0.05) is 0 Å². The number of nitriles is 1. The molecule has 0 fully saturated rings. The molecule has 3 aromatic rings. The Labute approximate surface area is 131 Å². The number of carbonyl (C=O) groups is 1. The van der Waals surface area contributed by atoms with Crippen LogP contribution in [-0.4, -0.2) is 25.6 Å². The van der Waals surface area contributed by atoms with E-state index in [0.29, 0.717) is 23.4 Å². The molecule has 0 saturated carbocycles. The first kappa shape index (κ1) is 14.5. The van der Waals surface area contributed by atoms with E-state index in [1.165, 1.54) is 6.20 Å². The number of anilines is 1. The number of nitrogens with one attached hydrogen (secondary N) is 1. The summed E-state index contributed by atoms with van der Waals surface area (Å²) in [5, 5.41) is 20.9. The van der Waals surface area contributed by atoms with E-state index >= 15 is 0 Å². The predicted molar refractivity (Wildman–Crippen MR) is 84.0 cm³/mol. The van der Waals surface area contributed by atoms with Gasteiger partial charge in [-0.05, 0) is 30.3 Å². The number of aryl methyl sites for hydroxylation is 1. The minimum atomic E-state index is -0.973. The molecule has 0 unspecified atom stereocenters. The van der Waals surface area contributed by atoms with Crippen LogP contribution in [0, 0.1) is 11.3 Å². The second-order valence-corrected chi connectivity index (χ2v) is 4.99. The summed E-state index contributed by atoms with van der Waals surface area (Å²) in [6.07, 6.45) is 1.50. The Kier molecular flexibility index (Phi) is 3.65. The summed E-state index contributed by atoms with van der Waals surface area (Å²) in [4.78, 5) is 19.6. The number of aromatic carboxylic acids is 1. The monoisotopic (exact) mass is 307 g/mol. The Morgan fingerprint density at radius 3 is 2.87 bits per heavy atom. The standard InChI is InChI=1S/C16H13N5O2/c1-21-13-4-3-11(16(22)23)6-12(13)20-15(21)9-19-14-5-2-10(7-17)8-18-14/h2-6,8H,9H2,1H3,(H,18,19)(H,22,23). The highest BCUT2D eigenvalue weighted by Gasteiger charge is 2.11. The molecule has 0 aliphatic rings. The number of imidazole rings is 1. The quantitative estimate of drug-likeness (QED) is 0.765. The lowest BCUT2D eigenvalue weighted by atomic mass is 10.2. The van der Waals surface area contributed by atoms with Crippen molar-refractivity contribution in [1.82, 2.24) is 14.5 Å². The minimum absolute atomic E-state index is 0.212. The maximum absolute atomic E-state index is 11.0. The fourth-order valence-corrected chi connectivity index (χ4v) is 2.28. The number of benzene rings is 1. The van der Waals surface area contributed by atoms with E-state index in [-0.39, 0.29) is 5.56 Å². The van der Waals surface area contributed by atoms with E-state index in [2.05, 4.69) is 15.3 Å². The summed E-state index contributed by atoms with van der Waals surface area (Å²) < 4.78 is 1.90. The maximum atomic E-state index is 11.0. The Morgan fingerprint density at radius 2 is 2.22 bits per heavy atom. The molecule has 7 nitrogen and oxygen atoms in total. The molecular weight excluding hydrogens is 294 g/mol. The zero-order valence-corrected chi connectivity index (χ0v) is 12.3. The lowest BCUT2D eigenvalue weighted by Crippen LogP contribution is -2.06. The molecule has 0 amide bonds. The highest BCUT2D eigenvalue weighted by molar-refractivity contribution is 5.92. The van der Waals surface area contributed by atoms with Gasteiger partial charge in [0.2, 0.25) is 0 Å². The van der Waals surface area contributed by atoms with Crippen LogP contribution in [0.1, 0.15) is 21.7 Å². The molecule has 1 aromatic carbocycles. The molecule has 3 rings (SSSR count). The Morgan fingerprint density at radius 1 is 1.39 bits per heavy atom. The third-order valence-corrected chi connectivity index (χ3v) is 3.54. The lowest BCUT2D eigenvalue weighted by Gasteiger charge is -2.05. The topological polar surface area (TPSA) is 104 Å². The molecule has 2 N–H and O–H groups in total. The number of aromatic nitrogens is 3. The van der Waals surface area contributed by atoms with Crippen molar-refractivity contribution in [1.29, 1.82) is 5.26 Å². The van der Waals surface area contributed by atoms with Gasteiger partial charge in [-0.15, -0.1) is 0 Å². The molecule has 2 aromatic heterocycles. The first-order chi connectivity index (χ1) is 11.1. The van der Waals surface area contributed by atoms with Gasteiger partial charge in [-0.3, -0.25) is 0 Å². The van der Waals surface area contributed by atoms with Gasteiger partial charge in [-0.2, -0.15) is 5.26 Å². The summed E-state index contributed by atoms with van der Waals surface area (Å²) in [5.74, 6) is 0.426. The highest BCUT2D eigenvalue weighted by atomic mass is 16.4. The lowest BCUT2D eigenvalue weighted by molar-refractivity contribution is 0.0697. The highest BCUT2D eigenvalue weighted by Crippen LogP contribution is 2.17. The van der Waals surface area contributed by atoms with Crippen molar-refractivity contribution in [3.63, 3.8) is 0 Å². The number of pyridine rings is 1. The fraction of sp³-hybridized carbons (Fsp3) is 0.125. The normalized spacial score (nSPS) is 10.4. The fourth-order valence-electron chi connectivity index (χ4n) is 2.28. The molecule has 0 aliphatic carbocycles. The number of hydrogen-bond acceptors (Lipinski definition) is 5. The molecule has 0 atom stereocenters. The summed E-state index contributed by atoms with van der Waals surface area (Å²) in [5.41, 5.74) is 2.21. The van der Waals surface area contributed by atoms with Crippen LogP contribution in [0.5, 0.6) is 0 Å². The Balaban J connectivity index is 1.83. The summed E-state index contributed by atoms with van der Waals surface area (Å²) in [6.45, 7) is 0.437. The van der Waals surface area contributed by atoms with Crippen molar-refractivity contribution in [2.45, 2.75) is 6.54 Å². The van der Waals surface area contributed by atoms with Crippen LogP contribution in [0.3, 0.4) is 0 Å². The molecule has 0 saturated heterocycles. The molecule has 0 aliphatic heterocycles. The molecule has 0 spiro atoms. The first-order valence-electron chi connectivity index (χ1n) is 6.87. The second kappa shape index (κ2) is 5.77. The predicted octanol–water partition coefficient (Wildman–Crippen LogP) is 2.15. The molecule has 23 heavy (non-hydrogen) atoms. The van der Waals surface area contributed by atoms with E-state index < -0.39 is 5.97 Å². The van der Waals surface area contributed by atoms with Gasteiger partial charge in [0.15, 0.2) is 0 Å². The SMILES string of the molecule is Cn1c(CNc2ccc(C#N)cn2)nc2cc(C(=O)O)ccc21. The number of fused-ring (bicyclic) bond motifs is 1. The number of carboxylic acids is 1. The number of hydrogen-bond donors (Lipinski definition) is 2. The van der Waals surface area contributed by atoms with Gasteiger partial charge in [0.1, 0.15) is 17.7 Å². The van der Waals surface area contributed by atoms with Crippen molar-refractivity contribution < 1.29 is 9.90 Å². The summed E-state index contributed by atoms with van der Waals surface area (Å²) in [6, 6.07) is 10.3. The number of nitrogens with zero attached hydrogens (tertiary/aromatic N) is 4. The summed E-state index contributed by atoms with van der Waals surface area (Å²) >= 11 is 0. The van der Waals surface area contributed by atoms with Gasteiger partial charge in [0.05, 0.1) is 28.7 Å². The van der Waals surface area contributed by atoms with Crippen molar-refractivity contribution in [3.8, 4) is 6.07 Å². The molecule has 0 bridgehead atoms. The average molecular weight is 307 g/mol. The van der Waals surface area contributed by atoms with Crippen LogP contribution in [0.2, 0.25) is 0 Å². The molecule has 7 heteroatoms. The Hall–Kier alpha value is -3.40. The van der Waals surface area contributed by atoms with Crippen molar-refractivity contribution in [2.24, 2.45) is 7.05 Å². The third-order valence-electron chi connectivity index (χ3n) is 3.54. The first-order valence-corrected chi connectivity index (χ1v) is 6.87. The van der Waals surface area contributed by atoms with Gasteiger partial charge in [0.25, 0.3) is 0 Å². The molecule has 0 radical (unpaired) electrons. The van der Waals surface area contributed by atoms with E-state index in [9.17, 15) is 4.79 Å². The number of carboxylic acid groups (broad SMARTS) is 1. The van der Waals surface area contributed by atoms with Crippen LogP contribution in [0.25, 0.3) is 11.0 Å². The smallest absolute Gasteiger partial charge is 0.335 e. The van der Waals surface area contributed by atoms with Gasteiger partial charge >= 0.3 is 5.97 Å². The van der Waals surface area contributed by atoms with E-state index in [1.807, 2.05) is 17.7 Å². The average Bonchev–Trinajstić information content (AvgIpc) is 2.89. The zero-order valence-electron chi connectivity index (χ0n) is 12.3. The molecular formula is C16H13N5O2. The van der Waals surface area contributed by atoms with Crippen LogP contribution < -0.4 is 5.32 Å². The van der Waals surface area contributed by atoms with Crippen molar-refractivity contribution in [2.75, 3.05) is 5.32 Å². The Bertz CT molecular complexity index is 922. The van der Waals surface area contributed by atoms with Crippen molar-refractivity contribution >= 4 is 22.8 Å². The van der Waals surface area contributed by atoms with Gasteiger partial charge in [-0.25, -0.2) is 14.8 Å². The maximum Gasteiger partial charge on any atom is 0.335 e. The zero-order chi connectivity index (χ0) is 16.4. The number of rotatable bonds is 4. The van der Waals surface area contributed by atoms with E-state index in [1.54, 1.807) is 30.3 Å². The van der Waals surface area contributed by atoms with Crippen molar-refractivity contribution in [3.05, 3.63) is 53.5 Å². The van der Waals surface area contributed by atoms with Crippen LogP contribution >= 0.6 is 0 Å². The van der Waals surface area contributed by atoms with E-state index in [4.69, 9.17) is 10.4 Å². The molecule has 114 valence electrons. The van der Waals surface area contributed by atoms with Crippen LogP contribution in [0.15, 0.2) is 36.5 Å².